The molecule has 4 aromatic rings. The summed E-state index contributed by atoms with van der Waals surface area (Å²) in [4.78, 5) is 23.7. The highest BCUT2D eigenvalue weighted by molar-refractivity contribution is 5.97. The number of hydrogen-bond donors (Lipinski definition) is 2. The second-order valence-electron chi connectivity index (χ2n) is 5.68. The molecule has 2 aromatic carbocycles. The number of H-pyrrole nitrogens is 1. The molecule has 0 aliphatic carbocycles. The van der Waals surface area contributed by atoms with Crippen LogP contribution in [0.25, 0.3) is 22.1 Å². The predicted molar refractivity (Wildman–Crippen MR) is 90.9 cm³/mol. The zero-order valence-electron chi connectivity index (χ0n) is 13.2. The number of aromatic amines is 1. The maximum atomic E-state index is 12.2. The number of carbonyl (C=O) groups is 1. The van der Waals surface area contributed by atoms with E-state index in [0.717, 1.165) is 34.1 Å². The summed E-state index contributed by atoms with van der Waals surface area (Å²) in [7, 11) is 0. The first-order chi connectivity index (χ1) is 11.7. The number of hydrogen-bond acceptors (Lipinski definition) is 4. The Morgan fingerprint density at radius 3 is 3.04 bits per heavy atom. The Balaban J connectivity index is 1.40. The number of amides is 1. The van der Waals surface area contributed by atoms with Gasteiger partial charge in [-0.2, -0.15) is 0 Å². The standard InChI is InChI=1S/C18H16N4O2/c1-11-22-16-8-12(2-5-17(16)24-11)6-7-19-18(23)13-3-4-14-15(9-13)21-10-20-14/h2-5,8-10H,6-7H2,1H3,(H,19,23)(H,20,21). The Hall–Kier alpha value is -3.15. The van der Waals surface area contributed by atoms with E-state index < -0.39 is 0 Å². The lowest BCUT2D eigenvalue weighted by atomic mass is 10.1. The lowest BCUT2D eigenvalue weighted by Crippen LogP contribution is -2.25. The lowest BCUT2D eigenvalue weighted by molar-refractivity contribution is 0.0954. The first kappa shape index (κ1) is 14.4. The molecule has 120 valence electrons. The van der Waals surface area contributed by atoms with Crippen molar-refractivity contribution >= 4 is 28.0 Å². The van der Waals surface area contributed by atoms with Crippen molar-refractivity contribution in [3.8, 4) is 0 Å². The van der Waals surface area contributed by atoms with Gasteiger partial charge in [-0.15, -0.1) is 0 Å². The summed E-state index contributed by atoms with van der Waals surface area (Å²) in [5.41, 5.74) is 5.07. The summed E-state index contributed by atoms with van der Waals surface area (Å²) in [5, 5.41) is 2.94. The molecule has 0 bridgehead atoms. The summed E-state index contributed by atoms with van der Waals surface area (Å²) in [6.45, 7) is 2.39. The van der Waals surface area contributed by atoms with Crippen LogP contribution in [0.15, 0.2) is 47.1 Å². The molecule has 0 unspecified atom stereocenters. The van der Waals surface area contributed by atoms with Crippen molar-refractivity contribution in [1.29, 1.82) is 0 Å². The van der Waals surface area contributed by atoms with Crippen LogP contribution in [0.3, 0.4) is 0 Å². The van der Waals surface area contributed by atoms with Crippen molar-refractivity contribution in [3.05, 3.63) is 59.7 Å². The summed E-state index contributed by atoms with van der Waals surface area (Å²) in [6.07, 6.45) is 2.36. The number of aryl methyl sites for hydroxylation is 1. The summed E-state index contributed by atoms with van der Waals surface area (Å²) in [6, 6.07) is 11.3. The normalized spacial score (nSPS) is 11.2. The molecule has 24 heavy (non-hydrogen) atoms. The molecule has 2 N–H and O–H groups in total. The van der Waals surface area contributed by atoms with Gasteiger partial charge in [0.05, 0.1) is 17.4 Å². The highest BCUT2D eigenvalue weighted by Gasteiger charge is 2.08. The number of aromatic nitrogens is 3. The minimum Gasteiger partial charge on any atom is -0.441 e. The van der Waals surface area contributed by atoms with E-state index in [4.69, 9.17) is 4.42 Å². The largest absolute Gasteiger partial charge is 0.441 e. The van der Waals surface area contributed by atoms with Gasteiger partial charge in [0, 0.05) is 19.0 Å². The monoisotopic (exact) mass is 320 g/mol. The fraction of sp³-hybridized carbons (Fsp3) is 0.167. The van der Waals surface area contributed by atoms with Crippen LogP contribution < -0.4 is 5.32 Å². The first-order valence-electron chi connectivity index (χ1n) is 7.76. The summed E-state index contributed by atoms with van der Waals surface area (Å²) in [5.74, 6) is 0.564. The Morgan fingerprint density at radius 1 is 1.21 bits per heavy atom. The minimum absolute atomic E-state index is 0.0927. The van der Waals surface area contributed by atoms with E-state index in [2.05, 4.69) is 20.3 Å². The maximum Gasteiger partial charge on any atom is 0.251 e. The molecular weight excluding hydrogens is 304 g/mol. The van der Waals surface area contributed by atoms with Gasteiger partial charge in [-0.25, -0.2) is 9.97 Å². The zero-order chi connectivity index (χ0) is 16.5. The van der Waals surface area contributed by atoms with Gasteiger partial charge in [0.15, 0.2) is 11.5 Å². The third kappa shape index (κ3) is 2.74. The number of nitrogens with one attached hydrogen (secondary N) is 2. The molecule has 4 rings (SSSR count). The number of carbonyl (C=O) groups excluding carboxylic acids is 1. The van der Waals surface area contributed by atoms with Gasteiger partial charge in [0.25, 0.3) is 5.91 Å². The van der Waals surface area contributed by atoms with Gasteiger partial charge in [0.1, 0.15) is 5.52 Å². The van der Waals surface area contributed by atoms with Crippen LogP contribution in [0.5, 0.6) is 0 Å². The van der Waals surface area contributed by atoms with Gasteiger partial charge in [-0.3, -0.25) is 4.79 Å². The van der Waals surface area contributed by atoms with E-state index >= 15 is 0 Å². The number of imidazole rings is 1. The van der Waals surface area contributed by atoms with Crippen molar-refractivity contribution in [2.75, 3.05) is 6.54 Å². The Bertz CT molecular complexity index is 1030. The molecule has 0 saturated heterocycles. The van der Waals surface area contributed by atoms with Crippen LogP contribution in [0, 0.1) is 6.92 Å². The van der Waals surface area contributed by atoms with Gasteiger partial charge >= 0.3 is 0 Å². The lowest BCUT2D eigenvalue weighted by Gasteiger charge is -2.05. The van der Waals surface area contributed by atoms with Gasteiger partial charge in [0.2, 0.25) is 0 Å². The number of rotatable bonds is 4. The molecule has 1 amide bonds. The van der Waals surface area contributed by atoms with E-state index in [0.29, 0.717) is 18.0 Å². The molecule has 2 aromatic heterocycles. The second-order valence-corrected chi connectivity index (χ2v) is 5.68. The molecule has 0 spiro atoms. The maximum absolute atomic E-state index is 12.2. The quantitative estimate of drug-likeness (QED) is 0.605. The van der Waals surface area contributed by atoms with Crippen LogP contribution in [0.1, 0.15) is 21.8 Å². The molecule has 2 heterocycles. The highest BCUT2D eigenvalue weighted by Crippen LogP contribution is 2.17. The third-order valence-corrected chi connectivity index (χ3v) is 3.94. The number of nitrogens with zero attached hydrogens (tertiary/aromatic N) is 2. The Kier molecular flexibility index (Phi) is 3.49. The van der Waals surface area contributed by atoms with Crippen LogP contribution in [0.4, 0.5) is 0 Å². The smallest absolute Gasteiger partial charge is 0.251 e. The van der Waals surface area contributed by atoms with Crippen molar-refractivity contribution < 1.29 is 9.21 Å². The number of oxazole rings is 1. The first-order valence-corrected chi connectivity index (χ1v) is 7.76. The summed E-state index contributed by atoms with van der Waals surface area (Å²) >= 11 is 0. The van der Waals surface area contributed by atoms with Crippen LogP contribution >= 0.6 is 0 Å². The minimum atomic E-state index is -0.0927. The van der Waals surface area contributed by atoms with Gasteiger partial charge in [-0.1, -0.05) is 6.07 Å². The Labute approximate surface area is 137 Å². The van der Waals surface area contributed by atoms with Crippen molar-refractivity contribution in [2.45, 2.75) is 13.3 Å². The molecule has 6 nitrogen and oxygen atoms in total. The van der Waals surface area contributed by atoms with Crippen molar-refractivity contribution in [1.82, 2.24) is 20.3 Å². The Morgan fingerprint density at radius 2 is 2.12 bits per heavy atom. The zero-order valence-corrected chi connectivity index (χ0v) is 13.2. The van der Waals surface area contributed by atoms with Crippen molar-refractivity contribution in [3.63, 3.8) is 0 Å². The topological polar surface area (TPSA) is 83.8 Å². The molecule has 0 aliphatic rings. The third-order valence-electron chi connectivity index (χ3n) is 3.94. The van der Waals surface area contributed by atoms with Crippen LogP contribution in [0.2, 0.25) is 0 Å². The molecule has 0 radical (unpaired) electrons. The highest BCUT2D eigenvalue weighted by atomic mass is 16.3. The fourth-order valence-electron chi connectivity index (χ4n) is 2.74. The molecule has 0 atom stereocenters. The van der Waals surface area contributed by atoms with Crippen LogP contribution in [-0.2, 0) is 6.42 Å². The number of benzene rings is 2. The average molecular weight is 320 g/mol. The molecule has 0 aliphatic heterocycles. The van der Waals surface area contributed by atoms with E-state index in [1.54, 1.807) is 12.4 Å². The van der Waals surface area contributed by atoms with Gasteiger partial charge in [-0.05, 0) is 42.3 Å². The van der Waals surface area contributed by atoms with E-state index in [-0.39, 0.29) is 5.91 Å². The summed E-state index contributed by atoms with van der Waals surface area (Å²) < 4.78 is 5.46. The molecule has 6 heteroatoms. The SMILES string of the molecule is Cc1nc2cc(CCNC(=O)c3ccc4nc[nH]c4c3)ccc2o1. The van der Waals surface area contributed by atoms with E-state index in [9.17, 15) is 4.79 Å². The fourth-order valence-corrected chi connectivity index (χ4v) is 2.74. The second kappa shape index (κ2) is 5.81. The molecule has 0 fully saturated rings. The van der Waals surface area contributed by atoms with E-state index in [1.807, 2.05) is 37.3 Å². The predicted octanol–water partition coefficient (Wildman–Crippen LogP) is 2.99. The van der Waals surface area contributed by atoms with Crippen molar-refractivity contribution in [2.24, 2.45) is 0 Å². The number of fused-ring (bicyclic) bond motifs is 2. The molecule has 0 saturated carbocycles. The van der Waals surface area contributed by atoms with Gasteiger partial charge < -0.3 is 14.7 Å². The average Bonchev–Trinajstić information content (AvgIpc) is 3.18. The van der Waals surface area contributed by atoms with Crippen LogP contribution in [-0.4, -0.2) is 27.4 Å². The molecular formula is C18H16N4O2. The van der Waals surface area contributed by atoms with E-state index in [1.165, 1.54) is 0 Å².